The van der Waals surface area contributed by atoms with E-state index in [2.05, 4.69) is 37.6 Å². The summed E-state index contributed by atoms with van der Waals surface area (Å²) < 4.78 is 13.7. The second-order valence-electron chi connectivity index (χ2n) is 11.0. The molecule has 1 aliphatic rings. The lowest BCUT2D eigenvalue weighted by molar-refractivity contribution is -0.138. The first kappa shape index (κ1) is 28.6. The molecule has 2 aromatic heterocycles. The summed E-state index contributed by atoms with van der Waals surface area (Å²) in [5, 5.41) is 27.4. The molecule has 0 spiro atoms. The van der Waals surface area contributed by atoms with Crippen molar-refractivity contribution in [2.75, 3.05) is 36.8 Å². The molecule has 0 fully saturated rings. The normalized spacial score (nSPS) is 14.2. The molecule has 0 radical (unpaired) electrons. The zero-order chi connectivity index (χ0) is 28.0. The number of nitrogens with one attached hydrogen (secondary N) is 2. The van der Waals surface area contributed by atoms with Gasteiger partial charge in [0.05, 0.1) is 11.1 Å². The zero-order valence-electron chi connectivity index (χ0n) is 23.0. The number of unbranched alkanes of at least 4 members (excludes halogenated alkanes) is 1. The van der Waals surface area contributed by atoms with Gasteiger partial charge in [-0.2, -0.15) is 0 Å². The van der Waals surface area contributed by atoms with Gasteiger partial charge in [0.2, 0.25) is 0 Å². The minimum atomic E-state index is -1.00. The van der Waals surface area contributed by atoms with Gasteiger partial charge in [-0.1, -0.05) is 6.07 Å². The van der Waals surface area contributed by atoms with E-state index in [9.17, 15) is 19.4 Å². The first-order chi connectivity index (χ1) is 18.6. The third-order valence-electron chi connectivity index (χ3n) is 6.83. The van der Waals surface area contributed by atoms with Crippen LogP contribution < -0.4 is 10.6 Å². The molecule has 1 aliphatic heterocycles. The average molecular weight is 539 g/mol. The fourth-order valence-electron chi connectivity index (χ4n) is 5.03. The van der Waals surface area contributed by atoms with Gasteiger partial charge < -0.3 is 25.7 Å². The Labute approximate surface area is 228 Å². The number of aryl methyl sites for hydroxylation is 3. The number of aromatic nitrogens is 3. The Hall–Kier alpha value is -3.37. The van der Waals surface area contributed by atoms with Gasteiger partial charge in [-0.15, -0.1) is 0 Å². The monoisotopic (exact) mass is 538 g/mol. The molecule has 39 heavy (non-hydrogen) atoms. The SMILES string of the molecule is Cc1nc(N[C@@H](CCN(CCCCc2ccc3c(n2)NCCC3)CC(C)(C)O)C(=O)O)c2ccc(F)cc2n1. The van der Waals surface area contributed by atoms with Gasteiger partial charge in [0.15, 0.2) is 0 Å². The molecular formula is C29H39FN6O3. The van der Waals surface area contributed by atoms with E-state index >= 15 is 0 Å². The third kappa shape index (κ3) is 8.31. The Balaban J connectivity index is 1.36. The number of halogens is 1. The minimum Gasteiger partial charge on any atom is -0.480 e. The molecule has 210 valence electrons. The molecular weight excluding hydrogens is 499 g/mol. The number of hydrogen-bond acceptors (Lipinski definition) is 8. The number of anilines is 2. The summed E-state index contributed by atoms with van der Waals surface area (Å²) in [6.07, 6.45) is 5.21. The highest BCUT2D eigenvalue weighted by Gasteiger charge is 2.23. The van der Waals surface area contributed by atoms with E-state index in [0.29, 0.717) is 42.1 Å². The van der Waals surface area contributed by atoms with Gasteiger partial charge in [0.25, 0.3) is 0 Å². The molecule has 0 bridgehead atoms. The smallest absolute Gasteiger partial charge is 0.326 e. The van der Waals surface area contributed by atoms with Crippen molar-refractivity contribution < 1.29 is 19.4 Å². The second-order valence-corrected chi connectivity index (χ2v) is 11.0. The fraction of sp³-hybridized carbons (Fsp3) is 0.517. The highest BCUT2D eigenvalue weighted by Crippen LogP contribution is 2.23. The van der Waals surface area contributed by atoms with Crippen LogP contribution in [0, 0.1) is 12.7 Å². The van der Waals surface area contributed by atoms with Crippen molar-refractivity contribution in [3.05, 3.63) is 53.2 Å². The molecule has 9 nitrogen and oxygen atoms in total. The van der Waals surface area contributed by atoms with Crippen LogP contribution in [0.3, 0.4) is 0 Å². The van der Waals surface area contributed by atoms with Crippen LogP contribution in [0.1, 0.15) is 56.6 Å². The van der Waals surface area contributed by atoms with Gasteiger partial charge >= 0.3 is 5.97 Å². The molecule has 0 aliphatic carbocycles. The van der Waals surface area contributed by atoms with E-state index in [1.807, 2.05) is 0 Å². The lowest BCUT2D eigenvalue weighted by Crippen LogP contribution is -2.42. The summed E-state index contributed by atoms with van der Waals surface area (Å²) in [7, 11) is 0. The van der Waals surface area contributed by atoms with E-state index < -0.39 is 23.4 Å². The number of carboxylic acid groups (broad SMARTS) is 1. The molecule has 3 heterocycles. The van der Waals surface area contributed by atoms with Crippen LogP contribution in [0.5, 0.6) is 0 Å². The number of hydrogen-bond donors (Lipinski definition) is 4. The lowest BCUT2D eigenvalue weighted by atomic mass is 10.1. The van der Waals surface area contributed by atoms with Crippen LogP contribution in [-0.2, 0) is 17.6 Å². The molecule has 1 atom stereocenters. The van der Waals surface area contributed by atoms with Gasteiger partial charge in [0, 0.05) is 36.8 Å². The van der Waals surface area contributed by atoms with E-state index in [1.54, 1.807) is 26.8 Å². The van der Waals surface area contributed by atoms with Crippen molar-refractivity contribution in [3.8, 4) is 0 Å². The Bertz CT molecular complexity index is 1290. The molecule has 10 heteroatoms. The quantitative estimate of drug-likeness (QED) is 0.237. The first-order valence-corrected chi connectivity index (χ1v) is 13.7. The maximum atomic E-state index is 13.7. The topological polar surface area (TPSA) is 124 Å². The maximum Gasteiger partial charge on any atom is 0.326 e. The van der Waals surface area contributed by atoms with Crippen LogP contribution in [-0.4, -0.2) is 73.9 Å². The summed E-state index contributed by atoms with van der Waals surface area (Å²) >= 11 is 0. The van der Waals surface area contributed by atoms with Gasteiger partial charge in [-0.05, 0) is 89.6 Å². The summed E-state index contributed by atoms with van der Waals surface area (Å²) in [6.45, 7) is 7.80. The number of carbonyl (C=O) groups is 1. The fourth-order valence-corrected chi connectivity index (χ4v) is 5.03. The lowest BCUT2D eigenvalue weighted by Gasteiger charge is -2.30. The standard InChI is InChI=1S/C29H39FN6O3/c1-19-32-25-17-21(30)10-12-23(25)27(33-19)35-24(28(37)38)13-16-36(18-29(2,3)39)15-5-4-8-22-11-9-20-7-6-14-31-26(20)34-22/h9-12,17,24,39H,4-8,13-16,18H2,1-3H3,(H,31,34)(H,37,38)(H,32,33,35)/t24-/m0/s1. The molecule has 1 aromatic carbocycles. The molecule has 4 rings (SSSR count). The van der Waals surface area contributed by atoms with Crippen molar-refractivity contribution in [1.29, 1.82) is 0 Å². The molecule has 0 unspecified atom stereocenters. The van der Waals surface area contributed by atoms with Gasteiger partial charge in [0.1, 0.15) is 29.3 Å². The van der Waals surface area contributed by atoms with Crippen molar-refractivity contribution in [1.82, 2.24) is 19.9 Å². The largest absolute Gasteiger partial charge is 0.480 e. The zero-order valence-corrected chi connectivity index (χ0v) is 23.0. The highest BCUT2D eigenvalue weighted by atomic mass is 19.1. The number of nitrogens with zero attached hydrogens (tertiary/aromatic N) is 4. The van der Waals surface area contributed by atoms with Gasteiger partial charge in [-0.25, -0.2) is 24.1 Å². The van der Waals surface area contributed by atoms with Crippen LogP contribution in [0.2, 0.25) is 0 Å². The Kier molecular flexibility index (Phi) is 9.29. The number of aliphatic hydroxyl groups is 1. The number of rotatable bonds is 13. The van der Waals surface area contributed by atoms with E-state index in [4.69, 9.17) is 4.98 Å². The number of fused-ring (bicyclic) bond motifs is 2. The van der Waals surface area contributed by atoms with Crippen LogP contribution in [0.4, 0.5) is 16.0 Å². The number of pyridine rings is 1. The van der Waals surface area contributed by atoms with E-state index in [1.165, 1.54) is 17.7 Å². The van der Waals surface area contributed by atoms with Crippen molar-refractivity contribution >= 4 is 28.5 Å². The molecule has 0 amide bonds. The van der Waals surface area contributed by atoms with Crippen LogP contribution >= 0.6 is 0 Å². The molecule has 0 saturated heterocycles. The van der Waals surface area contributed by atoms with E-state index in [-0.39, 0.29) is 0 Å². The van der Waals surface area contributed by atoms with Crippen LogP contribution in [0.25, 0.3) is 10.9 Å². The first-order valence-electron chi connectivity index (χ1n) is 13.7. The Morgan fingerprint density at radius 1 is 1.18 bits per heavy atom. The predicted octanol–water partition coefficient (Wildman–Crippen LogP) is 4.18. The number of benzene rings is 1. The predicted molar refractivity (Wildman–Crippen MR) is 151 cm³/mol. The second kappa shape index (κ2) is 12.7. The van der Waals surface area contributed by atoms with Crippen LogP contribution in [0.15, 0.2) is 30.3 Å². The number of aliphatic carboxylic acids is 1. The molecule has 0 saturated carbocycles. The minimum absolute atomic E-state index is 0.301. The summed E-state index contributed by atoms with van der Waals surface area (Å²) in [4.78, 5) is 27.7. The summed E-state index contributed by atoms with van der Waals surface area (Å²) in [5.41, 5.74) is 1.85. The Morgan fingerprint density at radius 2 is 2.00 bits per heavy atom. The highest BCUT2D eigenvalue weighted by molar-refractivity contribution is 5.91. The summed E-state index contributed by atoms with van der Waals surface area (Å²) in [6, 6.07) is 7.54. The van der Waals surface area contributed by atoms with Crippen molar-refractivity contribution in [2.45, 2.75) is 70.9 Å². The molecule has 4 N–H and O–H groups in total. The van der Waals surface area contributed by atoms with Crippen molar-refractivity contribution in [2.24, 2.45) is 0 Å². The summed E-state index contributed by atoms with van der Waals surface area (Å²) in [5.74, 6) is 0.379. The number of carboxylic acids is 1. The van der Waals surface area contributed by atoms with E-state index in [0.717, 1.165) is 56.7 Å². The maximum absolute atomic E-state index is 13.7. The third-order valence-corrected chi connectivity index (χ3v) is 6.83. The van der Waals surface area contributed by atoms with Crippen molar-refractivity contribution in [3.63, 3.8) is 0 Å². The molecule has 3 aromatic rings. The Morgan fingerprint density at radius 3 is 2.77 bits per heavy atom. The van der Waals surface area contributed by atoms with Gasteiger partial charge in [-0.3, -0.25) is 0 Å². The average Bonchev–Trinajstić information content (AvgIpc) is 2.87.